The number of hydrogen-bond acceptors (Lipinski definition) is 2. The molecule has 0 saturated carbocycles. The molecule has 1 rings (SSSR count). The Morgan fingerprint density at radius 2 is 1.63 bits per heavy atom. The maximum Gasteiger partial charge on any atom is 0.0195 e. The Balaban J connectivity index is 2.06. The maximum absolute atomic E-state index is 3.68. The van der Waals surface area contributed by atoms with Crippen molar-refractivity contribution in [1.29, 1.82) is 0 Å². The lowest BCUT2D eigenvalue weighted by molar-refractivity contribution is 0.134. The standard InChI is InChI=1S/C17H36N2/c1-4-6-7-8-9-10-11-13-19-15-17(12-5-2)18-14-16(19)3/h16-18H,4-15H2,1-3H3. The molecule has 1 aliphatic rings. The first-order chi connectivity index (χ1) is 9.27. The van der Waals surface area contributed by atoms with Crippen molar-refractivity contribution in [3.63, 3.8) is 0 Å². The minimum atomic E-state index is 0.730. The zero-order valence-electron chi connectivity index (χ0n) is 13.6. The highest BCUT2D eigenvalue weighted by molar-refractivity contribution is 4.83. The number of nitrogens with one attached hydrogen (secondary N) is 1. The van der Waals surface area contributed by atoms with Crippen molar-refractivity contribution in [2.75, 3.05) is 19.6 Å². The van der Waals surface area contributed by atoms with Gasteiger partial charge >= 0.3 is 0 Å². The number of hydrogen-bond donors (Lipinski definition) is 1. The molecule has 1 N–H and O–H groups in total. The van der Waals surface area contributed by atoms with Crippen LogP contribution in [0.25, 0.3) is 0 Å². The van der Waals surface area contributed by atoms with Gasteiger partial charge in [0.15, 0.2) is 0 Å². The Morgan fingerprint density at radius 1 is 0.947 bits per heavy atom. The van der Waals surface area contributed by atoms with Gasteiger partial charge in [-0.1, -0.05) is 58.8 Å². The molecule has 0 aromatic heterocycles. The van der Waals surface area contributed by atoms with Crippen molar-refractivity contribution in [1.82, 2.24) is 10.2 Å². The third-order valence-electron chi connectivity index (χ3n) is 4.47. The van der Waals surface area contributed by atoms with Crippen LogP contribution in [0.5, 0.6) is 0 Å². The van der Waals surface area contributed by atoms with Gasteiger partial charge in [-0.15, -0.1) is 0 Å². The second kappa shape index (κ2) is 10.7. The molecule has 1 aliphatic heterocycles. The van der Waals surface area contributed by atoms with Crippen LogP contribution in [-0.2, 0) is 0 Å². The summed E-state index contributed by atoms with van der Waals surface area (Å²) in [5.41, 5.74) is 0. The Hall–Kier alpha value is -0.0800. The van der Waals surface area contributed by atoms with Crippen LogP contribution in [0.1, 0.15) is 78.6 Å². The van der Waals surface area contributed by atoms with E-state index in [1.54, 1.807) is 0 Å². The SMILES string of the molecule is CCCCCCCCCN1CC(CCC)NCC1C. The molecule has 0 bridgehead atoms. The van der Waals surface area contributed by atoms with E-state index in [4.69, 9.17) is 0 Å². The van der Waals surface area contributed by atoms with Crippen molar-refractivity contribution in [3.8, 4) is 0 Å². The summed E-state index contributed by atoms with van der Waals surface area (Å²) in [6, 6.07) is 1.47. The van der Waals surface area contributed by atoms with Gasteiger partial charge in [-0.25, -0.2) is 0 Å². The van der Waals surface area contributed by atoms with Crippen LogP contribution in [0, 0.1) is 0 Å². The normalized spacial score (nSPS) is 24.8. The van der Waals surface area contributed by atoms with Gasteiger partial charge in [-0.05, 0) is 26.3 Å². The van der Waals surface area contributed by atoms with E-state index in [0.29, 0.717) is 0 Å². The summed E-state index contributed by atoms with van der Waals surface area (Å²) < 4.78 is 0. The second-order valence-corrected chi connectivity index (χ2v) is 6.36. The quantitative estimate of drug-likeness (QED) is 0.597. The first-order valence-electron chi connectivity index (χ1n) is 8.75. The highest BCUT2D eigenvalue weighted by Gasteiger charge is 2.23. The molecule has 0 radical (unpaired) electrons. The van der Waals surface area contributed by atoms with Crippen LogP contribution in [0.4, 0.5) is 0 Å². The fraction of sp³-hybridized carbons (Fsp3) is 1.00. The van der Waals surface area contributed by atoms with Crippen LogP contribution < -0.4 is 5.32 Å². The average Bonchev–Trinajstić information content (AvgIpc) is 2.41. The minimum Gasteiger partial charge on any atom is -0.311 e. The van der Waals surface area contributed by atoms with Gasteiger partial charge in [0.1, 0.15) is 0 Å². The summed E-state index contributed by atoms with van der Waals surface area (Å²) in [5, 5.41) is 3.68. The van der Waals surface area contributed by atoms with E-state index in [1.807, 2.05) is 0 Å². The summed E-state index contributed by atoms with van der Waals surface area (Å²) >= 11 is 0. The molecule has 2 atom stereocenters. The first kappa shape index (κ1) is 17.0. The lowest BCUT2D eigenvalue weighted by atomic mass is 10.0. The molecular formula is C17H36N2. The van der Waals surface area contributed by atoms with E-state index in [0.717, 1.165) is 12.1 Å². The predicted octanol–water partition coefficient (Wildman–Crippen LogP) is 4.20. The van der Waals surface area contributed by atoms with Gasteiger partial charge in [0, 0.05) is 25.2 Å². The number of piperazine rings is 1. The fourth-order valence-electron chi connectivity index (χ4n) is 3.12. The molecule has 19 heavy (non-hydrogen) atoms. The van der Waals surface area contributed by atoms with Crippen molar-refractivity contribution < 1.29 is 0 Å². The topological polar surface area (TPSA) is 15.3 Å². The van der Waals surface area contributed by atoms with Crippen molar-refractivity contribution in [3.05, 3.63) is 0 Å². The van der Waals surface area contributed by atoms with Crippen LogP contribution in [0.2, 0.25) is 0 Å². The summed E-state index contributed by atoms with van der Waals surface area (Å²) in [6.07, 6.45) is 12.6. The van der Waals surface area contributed by atoms with Crippen LogP contribution in [-0.4, -0.2) is 36.6 Å². The second-order valence-electron chi connectivity index (χ2n) is 6.36. The zero-order chi connectivity index (χ0) is 13.9. The number of rotatable bonds is 10. The first-order valence-corrected chi connectivity index (χ1v) is 8.75. The lowest BCUT2D eigenvalue weighted by Gasteiger charge is -2.39. The van der Waals surface area contributed by atoms with Crippen LogP contribution in [0.15, 0.2) is 0 Å². The highest BCUT2D eigenvalue weighted by Crippen LogP contribution is 2.13. The lowest BCUT2D eigenvalue weighted by Crippen LogP contribution is -2.55. The van der Waals surface area contributed by atoms with Crippen molar-refractivity contribution >= 4 is 0 Å². The van der Waals surface area contributed by atoms with Gasteiger partial charge < -0.3 is 5.32 Å². The predicted molar refractivity (Wildman–Crippen MR) is 85.7 cm³/mol. The molecule has 1 fully saturated rings. The Labute approximate surface area is 121 Å². The van der Waals surface area contributed by atoms with Crippen molar-refractivity contribution in [2.24, 2.45) is 0 Å². The number of nitrogens with zero attached hydrogens (tertiary/aromatic N) is 1. The van der Waals surface area contributed by atoms with E-state index in [-0.39, 0.29) is 0 Å². The molecule has 2 heteroatoms. The van der Waals surface area contributed by atoms with Gasteiger partial charge in [0.25, 0.3) is 0 Å². The van der Waals surface area contributed by atoms with E-state index < -0.39 is 0 Å². The molecular weight excluding hydrogens is 232 g/mol. The van der Waals surface area contributed by atoms with E-state index in [2.05, 4.69) is 31.0 Å². The summed E-state index contributed by atoms with van der Waals surface area (Å²) in [5.74, 6) is 0. The molecule has 0 amide bonds. The van der Waals surface area contributed by atoms with Crippen LogP contribution >= 0.6 is 0 Å². The molecule has 0 aromatic rings. The molecule has 0 aromatic carbocycles. The van der Waals surface area contributed by atoms with E-state index in [1.165, 1.54) is 77.4 Å². The molecule has 1 saturated heterocycles. The fourth-order valence-corrected chi connectivity index (χ4v) is 3.12. The monoisotopic (exact) mass is 268 g/mol. The Bertz CT molecular complexity index is 205. The molecule has 0 spiro atoms. The largest absolute Gasteiger partial charge is 0.311 e. The summed E-state index contributed by atoms with van der Waals surface area (Å²) in [7, 11) is 0. The third-order valence-corrected chi connectivity index (χ3v) is 4.47. The smallest absolute Gasteiger partial charge is 0.0195 e. The molecule has 0 aliphatic carbocycles. The van der Waals surface area contributed by atoms with Gasteiger partial charge in [0.2, 0.25) is 0 Å². The molecule has 2 nitrogen and oxygen atoms in total. The van der Waals surface area contributed by atoms with Crippen molar-refractivity contribution in [2.45, 2.75) is 90.6 Å². The molecule has 114 valence electrons. The third kappa shape index (κ3) is 7.31. The Kier molecular flexibility index (Phi) is 9.54. The Morgan fingerprint density at radius 3 is 2.32 bits per heavy atom. The average molecular weight is 268 g/mol. The van der Waals surface area contributed by atoms with E-state index in [9.17, 15) is 0 Å². The molecule has 1 heterocycles. The summed E-state index contributed by atoms with van der Waals surface area (Å²) in [4.78, 5) is 2.71. The minimum absolute atomic E-state index is 0.730. The van der Waals surface area contributed by atoms with Gasteiger partial charge in [0.05, 0.1) is 0 Å². The molecule has 2 unspecified atom stereocenters. The van der Waals surface area contributed by atoms with E-state index >= 15 is 0 Å². The summed E-state index contributed by atoms with van der Waals surface area (Å²) in [6.45, 7) is 10.7. The van der Waals surface area contributed by atoms with Gasteiger partial charge in [-0.2, -0.15) is 0 Å². The highest BCUT2D eigenvalue weighted by atomic mass is 15.2. The van der Waals surface area contributed by atoms with Crippen LogP contribution in [0.3, 0.4) is 0 Å². The van der Waals surface area contributed by atoms with Gasteiger partial charge in [-0.3, -0.25) is 4.90 Å². The maximum atomic E-state index is 3.68. The zero-order valence-corrected chi connectivity index (χ0v) is 13.6. The number of unbranched alkanes of at least 4 members (excludes halogenated alkanes) is 6.